The van der Waals surface area contributed by atoms with Crippen molar-refractivity contribution in [3.8, 4) is 11.3 Å². The lowest BCUT2D eigenvalue weighted by molar-refractivity contribution is -0.146. The van der Waals surface area contributed by atoms with Crippen LogP contribution in [-0.2, 0) is 0 Å². The molecule has 0 radical (unpaired) electrons. The molecule has 1 aromatic heterocycles. The van der Waals surface area contributed by atoms with Gasteiger partial charge in [0.1, 0.15) is 5.82 Å². The molecule has 0 spiro atoms. The number of anilines is 4. The molecule has 5 rings (SSSR count). The molecule has 188 valence electrons. The van der Waals surface area contributed by atoms with E-state index < -0.39 is 24.4 Å². The highest BCUT2D eigenvalue weighted by molar-refractivity contribution is 6.05. The number of pyridine rings is 1. The van der Waals surface area contributed by atoms with Gasteiger partial charge in [0, 0.05) is 43.1 Å². The van der Waals surface area contributed by atoms with Crippen LogP contribution in [0.5, 0.6) is 0 Å². The molecule has 2 aromatic carbocycles. The molecular formula is C24H23F4N7O. The third-order valence-electron chi connectivity index (χ3n) is 6.05. The van der Waals surface area contributed by atoms with Crippen LogP contribution in [0.2, 0.25) is 0 Å². The number of hydrogen-bond acceptors (Lipinski definition) is 7. The number of nitrogens with one attached hydrogen (secondary N) is 4. The molecule has 1 amide bonds. The first-order valence-corrected chi connectivity index (χ1v) is 11.3. The number of hydrogen-bond donors (Lipinski definition) is 4. The van der Waals surface area contributed by atoms with Crippen LogP contribution >= 0.6 is 0 Å². The van der Waals surface area contributed by atoms with Gasteiger partial charge in [-0.1, -0.05) is 0 Å². The molecule has 8 nitrogen and oxygen atoms in total. The average molecular weight is 501 g/mol. The number of fused-ring (bicyclic) bond motifs is 1. The van der Waals surface area contributed by atoms with Crippen LogP contribution in [0, 0.1) is 5.82 Å². The maximum atomic E-state index is 14.5. The molecule has 12 heteroatoms. The summed E-state index contributed by atoms with van der Waals surface area (Å²) in [6.45, 7) is 0.666. The molecule has 1 saturated heterocycles. The van der Waals surface area contributed by atoms with E-state index in [0.717, 1.165) is 11.4 Å². The zero-order valence-electron chi connectivity index (χ0n) is 19.0. The summed E-state index contributed by atoms with van der Waals surface area (Å²) in [7, 11) is 0. The van der Waals surface area contributed by atoms with Crippen molar-refractivity contribution in [1.82, 2.24) is 15.4 Å². The number of hydrazine groups is 2. The number of carbonyl (C=O) groups is 1. The lowest BCUT2D eigenvalue weighted by Crippen LogP contribution is -2.49. The molecule has 0 aliphatic carbocycles. The Hall–Kier alpha value is -3.90. The van der Waals surface area contributed by atoms with Gasteiger partial charge in [0.2, 0.25) is 0 Å². The normalized spacial score (nSPS) is 15.7. The van der Waals surface area contributed by atoms with Gasteiger partial charge in [0.05, 0.1) is 23.5 Å². The molecule has 0 atom stereocenters. The number of rotatable bonds is 5. The average Bonchev–Trinajstić information content (AvgIpc) is 3.32. The minimum absolute atomic E-state index is 0.121. The van der Waals surface area contributed by atoms with Crippen molar-refractivity contribution < 1.29 is 22.4 Å². The highest BCUT2D eigenvalue weighted by atomic mass is 19.4. The van der Waals surface area contributed by atoms with Gasteiger partial charge in [-0.3, -0.25) is 15.1 Å². The Morgan fingerprint density at radius 1 is 0.972 bits per heavy atom. The number of piperazine rings is 1. The van der Waals surface area contributed by atoms with Crippen LogP contribution in [0.15, 0.2) is 54.6 Å². The van der Waals surface area contributed by atoms with Gasteiger partial charge in [-0.2, -0.15) is 13.2 Å². The monoisotopic (exact) mass is 501 g/mol. The van der Waals surface area contributed by atoms with Crippen molar-refractivity contribution in [2.45, 2.75) is 6.18 Å². The Bertz CT molecular complexity index is 1260. The Labute approximate surface area is 204 Å². The Balaban J connectivity index is 1.24. The van der Waals surface area contributed by atoms with Crippen LogP contribution in [-0.4, -0.2) is 54.7 Å². The molecule has 2 aliphatic rings. The molecule has 4 N–H and O–H groups in total. The fourth-order valence-electron chi connectivity index (χ4n) is 4.20. The number of amides is 1. The van der Waals surface area contributed by atoms with Crippen LogP contribution < -0.4 is 26.6 Å². The molecule has 1 fully saturated rings. The highest BCUT2D eigenvalue weighted by Gasteiger charge is 2.32. The predicted molar refractivity (Wildman–Crippen MR) is 129 cm³/mol. The van der Waals surface area contributed by atoms with Gasteiger partial charge in [-0.05, 0) is 54.6 Å². The lowest BCUT2D eigenvalue weighted by Gasteiger charge is -2.36. The maximum Gasteiger partial charge on any atom is 0.401 e. The third kappa shape index (κ3) is 5.34. The molecular weight excluding hydrogens is 478 g/mol. The summed E-state index contributed by atoms with van der Waals surface area (Å²) >= 11 is 0. The Kier molecular flexibility index (Phi) is 6.37. The largest absolute Gasteiger partial charge is 0.401 e. The summed E-state index contributed by atoms with van der Waals surface area (Å²) in [6, 6.07) is 14.7. The first kappa shape index (κ1) is 23.8. The molecule has 36 heavy (non-hydrogen) atoms. The van der Waals surface area contributed by atoms with E-state index in [1.807, 2.05) is 11.0 Å². The fraction of sp³-hybridized carbons (Fsp3) is 0.250. The van der Waals surface area contributed by atoms with Crippen LogP contribution in [0.1, 0.15) is 10.4 Å². The summed E-state index contributed by atoms with van der Waals surface area (Å²) < 4.78 is 52.3. The highest BCUT2D eigenvalue weighted by Crippen LogP contribution is 2.28. The van der Waals surface area contributed by atoms with Crippen LogP contribution in [0.25, 0.3) is 11.3 Å². The predicted octanol–water partition coefficient (Wildman–Crippen LogP) is 4.08. The van der Waals surface area contributed by atoms with Gasteiger partial charge in [-0.15, -0.1) is 5.53 Å². The number of alkyl halides is 3. The van der Waals surface area contributed by atoms with E-state index in [9.17, 15) is 22.4 Å². The van der Waals surface area contributed by atoms with Crippen molar-refractivity contribution in [1.29, 1.82) is 0 Å². The van der Waals surface area contributed by atoms with Crippen molar-refractivity contribution in [2.24, 2.45) is 0 Å². The molecule has 0 unspecified atom stereocenters. The van der Waals surface area contributed by atoms with E-state index in [0.29, 0.717) is 48.9 Å². The second-order valence-corrected chi connectivity index (χ2v) is 8.54. The maximum absolute atomic E-state index is 14.5. The number of carbonyl (C=O) groups excluding carboxylic acids is 1. The van der Waals surface area contributed by atoms with E-state index in [-0.39, 0.29) is 5.56 Å². The first-order valence-electron chi connectivity index (χ1n) is 11.3. The van der Waals surface area contributed by atoms with Gasteiger partial charge in [-0.25, -0.2) is 9.37 Å². The number of aromatic nitrogens is 1. The lowest BCUT2D eigenvalue weighted by atomic mass is 10.1. The number of benzene rings is 2. The van der Waals surface area contributed by atoms with E-state index in [2.05, 4.69) is 26.7 Å². The second-order valence-electron chi connectivity index (χ2n) is 8.54. The summed E-state index contributed by atoms with van der Waals surface area (Å²) in [5, 5.41) is 2.70. The molecule has 2 aliphatic heterocycles. The zero-order valence-corrected chi connectivity index (χ0v) is 19.0. The standard InChI is InChI=1S/C24H23F4N7O/c25-19-6-1-15(20-7-8-21-22(30-20)32-33-31-21)13-18(19)23(36)29-16-2-4-17(5-3-16)35-11-9-34(10-12-35)14-24(26,27)28/h1-8,13,31,33H,9-12,14H2,(H,29,36)(H,30,32). The SMILES string of the molecule is O=C(Nc1ccc(N2CCN(CC(F)(F)F)CC2)cc1)c1cc(-c2ccc3c(n2)NNN3)ccc1F. The summed E-state index contributed by atoms with van der Waals surface area (Å²) in [5.41, 5.74) is 11.6. The number of nitrogens with zero attached hydrogens (tertiary/aromatic N) is 3. The van der Waals surface area contributed by atoms with Gasteiger partial charge >= 0.3 is 6.18 Å². The van der Waals surface area contributed by atoms with Crippen molar-refractivity contribution in [2.75, 3.05) is 53.8 Å². The van der Waals surface area contributed by atoms with Crippen molar-refractivity contribution in [3.63, 3.8) is 0 Å². The number of halogens is 4. The van der Waals surface area contributed by atoms with Crippen molar-refractivity contribution in [3.05, 3.63) is 66.0 Å². The molecule has 0 bridgehead atoms. The van der Waals surface area contributed by atoms with E-state index in [1.165, 1.54) is 17.0 Å². The summed E-state index contributed by atoms with van der Waals surface area (Å²) in [6.07, 6.45) is -4.20. The molecule has 3 heterocycles. The van der Waals surface area contributed by atoms with Crippen molar-refractivity contribution >= 4 is 28.8 Å². The zero-order chi connectivity index (χ0) is 25.3. The molecule has 0 saturated carbocycles. The Morgan fingerprint density at radius 2 is 1.72 bits per heavy atom. The quantitative estimate of drug-likeness (QED) is 0.392. The minimum Gasteiger partial charge on any atom is -0.369 e. The second kappa shape index (κ2) is 9.63. The summed E-state index contributed by atoms with van der Waals surface area (Å²) in [5.74, 6) is -0.678. The Morgan fingerprint density at radius 3 is 2.44 bits per heavy atom. The van der Waals surface area contributed by atoms with Gasteiger partial charge < -0.3 is 15.6 Å². The minimum atomic E-state index is -4.20. The van der Waals surface area contributed by atoms with E-state index in [4.69, 9.17) is 0 Å². The van der Waals surface area contributed by atoms with Gasteiger partial charge in [0.25, 0.3) is 5.91 Å². The topological polar surface area (TPSA) is 84.6 Å². The summed E-state index contributed by atoms with van der Waals surface area (Å²) in [4.78, 5) is 20.7. The van der Waals surface area contributed by atoms with Crippen LogP contribution in [0.4, 0.5) is 40.4 Å². The van der Waals surface area contributed by atoms with Gasteiger partial charge in [0.15, 0.2) is 5.82 Å². The fourth-order valence-corrected chi connectivity index (χ4v) is 4.20. The smallest absolute Gasteiger partial charge is 0.369 e. The van der Waals surface area contributed by atoms with Crippen LogP contribution in [0.3, 0.4) is 0 Å². The molecule has 3 aromatic rings. The van der Waals surface area contributed by atoms with E-state index in [1.54, 1.807) is 36.4 Å². The first-order chi connectivity index (χ1) is 17.2. The van der Waals surface area contributed by atoms with E-state index >= 15 is 0 Å². The third-order valence-corrected chi connectivity index (χ3v) is 6.05.